The summed E-state index contributed by atoms with van der Waals surface area (Å²) in [5.41, 5.74) is 8.18. The first-order valence-electron chi connectivity index (χ1n) is 21.8. The second-order valence-corrected chi connectivity index (χ2v) is 18.6. The van der Waals surface area contributed by atoms with E-state index in [2.05, 4.69) is 112 Å². The van der Waals surface area contributed by atoms with Gasteiger partial charge in [0.25, 0.3) is 0 Å². The largest absolute Gasteiger partial charge is 0.491 e. The molecule has 2 aliphatic heterocycles. The minimum atomic E-state index is 0.345. The van der Waals surface area contributed by atoms with Crippen LogP contribution in [0.15, 0.2) is 66.4 Å². The van der Waals surface area contributed by atoms with E-state index in [1.165, 1.54) is 0 Å². The Kier molecular flexibility index (Phi) is 20.8. The van der Waals surface area contributed by atoms with Crippen LogP contribution in [0.2, 0.25) is 0 Å². The van der Waals surface area contributed by atoms with Crippen molar-refractivity contribution in [1.82, 2.24) is 0 Å². The van der Waals surface area contributed by atoms with E-state index in [9.17, 15) is 0 Å². The molecule has 0 fully saturated rings. The fourth-order valence-electron chi connectivity index (χ4n) is 7.62. The van der Waals surface area contributed by atoms with E-state index in [0.717, 1.165) is 85.4 Å². The Morgan fingerprint density at radius 2 is 0.469 bits per heavy atom. The van der Waals surface area contributed by atoms with E-state index in [-0.39, 0.29) is 0 Å². The average molecular weight is 1140 g/mol. The Morgan fingerprint density at radius 3 is 0.719 bits per heavy atom. The molecule has 4 aromatic carbocycles. The molecule has 0 saturated carbocycles. The summed E-state index contributed by atoms with van der Waals surface area (Å²) in [4.78, 5) is 0. The van der Waals surface area contributed by atoms with Gasteiger partial charge in [0.05, 0.1) is 106 Å². The monoisotopic (exact) mass is 1140 g/mol. The van der Waals surface area contributed by atoms with Gasteiger partial charge in [-0.25, -0.2) is 0 Å². The highest BCUT2D eigenvalue weighted by molar-refractivity contribution is 9.11. The highest BCUT2D eigenvalue weighted by Gasteiger charge is 2.23. The summed E-state index contributed by atoms with van der Waals surface area (Å²) >= 11 is 15.9. The highest BCUT2D eigenvalue weighted by Crippen LogP contribution is 2.41. The number of hydrogen-bond acceptors (Lipinski definition) is 12. The first kappa shape index (κ1) is 49.6. The zero-order valence-electron chi connectivity index (χ0n) is 36.0. The van der Waals surface area contributed by atoms with Gasteiger partial charge in [-0.05, 0) is 93.0 Å². The van der Waals surface area contributed by atoms with E-state index in [1.54, 1.807) is 0 Å². The fraction of sp³-hybridized carbons (Fsp3) is 0.500. The topological polar surface area (TPSA) is 111 Å². The Bertz CT molecular complexity index is 1860. The van der Waals surface area contributed by atoms with Crippen molar-refractivity contribution in [3.05, 3.63) is 111 Å². The third-order valence-corrected chi connectivity index (χ3v) is 13.5. The van der Waals surface area contributed by atoms with Gasteiger partial charge in [-0.15, -0.1) is 0 Å². The molecule has 348 valence electrons. The molecule has 3 aliphatic rings. The van der Waals surface area contributed by atoms with E-state index < -0.39 is 0 Å². The van der Waals surface area contributed by atoms with Crippen LogP contribution in [0.1, 0.15) is 44.5 Å². The van der Waals surface area contributed by atoms with Gasteiger partial charge in [0.1, 0.15) is 49.4 Å². The molecule has 1 aliphatic carbocycles. The van der Waals surface area contributed by atoms with Crippen LogP contribution in [0.4, 0.5) is 0 Å². The van der Waals surface area contributed by atoms with Crippen molar-refractivity contribution in [2.24, 2.45) is 0 Å². The van der Waals surface area contributed by atoms with Crippen molar-refractivity contribution >= 4 is 63.7 Å². The standard InChI is InChI=1S/C48H56Br4O12/c49-41-25-37-21-33-29-43-30-34(45(33)51)22-38-26-42(50)28-40-24-36-32-44(62-18-14-58-10-6-54-2-1-53-5-9-57-13-17-61-43)31-35(46(36)52)23-39(27-41)47(37)63-19-15-59-11-7-55-3-4-56-8-12-60-16-20-64-48(38)40/h25-32H,1-24H2. The summed E-state index contributed by atoms with van der Waals surface area (Å²) < 4.78 is 76.9. The molecule has 7 rings (SSSR count). The van der Waals surface area contributed by atoms with Gasteiger partial charge in [-0.1, -0.05) is 63.7 Å². The van der Waals surface area contributed by atoms with Gasteiger partial charge < -0.3 is 56.8 Å². The quantitative estimate of drug-likeness (QED) is 0.148. The number of ether oxygens (including phenoxy) is 12. The molecule has 0 saturated heterocycles. The lowest BCUT2D eigenvalue weighted by Crippen LogP contribution is -2.15. The van der Waals surface area contributed by atoms with Gasteiger partial charge >= 0.3 is 0 Å². The van der Waals surface area contributed by atoms with Crippen LogP contribution in [-0.2, 0) is 63.6 Å². The van der Waals surface area contributed by atoms with Gasteiger partial charge in [-0.3, -0.25) is 0 Å². The molecule has 4 aromatic rings. The highest BCUT2D eigenvalue weighted by atomic mass is 79.9. The summed E-state index contributed by atoms with van der Waals surface area (Å²) in [5, 5.41) is 0. The van der Waals surface area contributed by atoms with E-state index in [1.807, 2.05) is 0 Å². The predicted octanol–water partition coefficient (Wildman–Crippen LogP) is 9.09. The molecular formula is C48H56Br4O12. The van der Waals surface area contributed by atoms with Crippen LogP contribution in [0.3, 0.4) is 0 Å². The summed E-state index contributed by atoms with van der Waals surface area (Å²) in [7, 11) is 0. The molecule has 0 radical (unpaired) electrons. The maximum atomic E-state index is 6.76. The Labute approximate surface area is 409 Å². The molecule has 0 N–H and O–H groups in total. The van der Waals surface area contributed by atoms with Gasteiger partial charge in [0, 0.05) is 43.6 Å². The maximum Gasteiger partial charge on any atom is 0.126 e. The van der Waals surface area contributed by atoms with Crippen LogP contribution in [0.25, 0.3) is 0 Å². The van der Waals surface area contributed by atoms with Crippen LogP contribution in [-0.4, -0.2) is 132 Å². The number of halogens is 4. The Hall–Kier alpha value is -2.32. The second-order valence-electron chi connectivity index (χ2n) is 15.2. The Morgan fingerprint density at radius 1 is 0.250 bits per heavy atom. The van der Waals surface area contributed by atoms with Crippen molar-refractivity contribution in [1.29, 1.82) is 0 Å². The molecule has 0 unspecified atom stereocenters. The molecule has 2 heterocycles. The lowest BCUT2D eigenvalue weighted by Gasteiger charge is -2.22. The van der Waals surface area contributed by atoms with E-state index >= 15 is 0 Å². The molecular weight excluding hydrogens is 1090 g/mol. The minimum Gasteiger partial charge on any atom is -0.491 e. The zero-order valence-corrected chi connectivity index (χ0v) is 42.3. The SMILES string of the molecule is Brc1cc2c3c(c1)Cc1cc4cc(c1Br)Cc1cc(Br)cc(c1OCCOCCOCCOCCOCCO3)Cc1cc(cc(c1Br)C2)OCCOCCOCCOCCOCCO4. The maximum absolute atomic E-state index is 6.76. The number of benzene rings is 4. The summed E-state index contributed by atoms with van der Waals surface area (Å²) in [6, 6.07) is 17.0. The van der Waals surface area contributed by atoms with Gasteiger partial charge in [0.2, 0.25) is 0 Å². The molecule has 0 atom stereocenters. The first-order valence-corrected chi connectivity index (χ1v) is 25.0. The molecule has 0 amide bonds. The van der Waals surface area contributed by atoms with Crippen molar-refractivity contribution in [3.8, 4) is 23.0 Å². The Balaban J connectivity index is 1.36. The molecule has 16 heteroatoms. The number of rotatable bonds is 0. The van der Waals surface area contributed by atoms with Crippen LogP contribution in [0, 0.1) is 0 Å². The average Bonchev–Trinajstić information content (AvgIpc) is 3.26. The number of hydrogen-bond donors (Lipinski definition) is 0. The first-order chi connectivity index (χ1) is 31.4. The summed E-state index contributed by atoms with van der Waals surface area (Å²) in [6.45, 7) is 8.52. The molecule has 0 aromatic heterocycles. The summed E-state index contributed by atoms with van der Waals surface area (Å²) in [5.74, 6) is 3.07. The fourth-order valence-corrected chi connectivity index (χ4v) is 9.75. The van der Waals surface area contributed by atoms with Crippen LogP contribution in [0.5, 0.6) is 23.0 Å². The van der Waals surface area contributed by atoms with E-state index in [0.29, 0.717) is 158 Å². The van der Waals surface area contributed by atoms with Crippen LogP contribution >= 0.6 is 63.7 Å². The van der Waals surface area contributed by atoms with Gasteiger partial charge in [0.15, 0.2) is 0 Å². The lowest BCUT2D eigenvalue weighted by atomic mass is 9.92. The normalized spacial score (nSPS) is 18.7. The molecule has 64 heavy (non-hydrogen) atoms. The lowest BCUT2D eigenvalue weighted by molar-refractivity contribution is -0.00706. The third kappa shape index (κ3) is 15.4. The molecule has 12 bridgehead atoms. The van der Waals surface area contributed by atoms with Crippen molar-refractivity contribution in [3.63, 3.8) is 0 Å². The smallest absolute Gasteiger partial charge is 0.126 e. The van der Waals surface area contributed by atoms with Crippen molar-refractivity contribution < 1.29 is 56.8 Å². The van der Waals surface area contributed by atoms with Crippen molar-refractivity contribution in [2.45, 2.75) is 25.7 Å². The van der Waals surface area contributed by atoms with Crippen molar-refractivity contribution in [2.75, 3.05) is 132 Å². The zero-order chi connectivity index (χ0) is 44.4. The second kappa shape index (κ2) is 26.9. The van der Waals surface area contributed by atoms with E-state index in [4.69, 9.17) is 56.8 Å². The minimum absolute atomic E-state index is 0.345. The number of fused-ring (bicyclic) bond motifs is 3. The van der Waals surface area contributed by atoms with Crippen LogP contribution < -0.4 is 18.9 Å². The predicted molar refractivity (Wildman–Crippen MR) is 256 cm³/mol. The van der Waals surface area contributed by atoms with Gasteiger partial charge in [-0.2, -0.15) is 0 Å². The summed E-state index contributed by atoms with van der Waals surface area (Å²) in [6.07, 6.45) is 2.17. The molecule has 0 spiro atoms. The molecule has 12 nitrogen and oxygen atoms in total. The third-order valence-electron chi connectivity index (χ3n) is 10.5.